The van der Waals surface area contributed by atoms with E-state index in [1.807, 2.05) is 35.1 Å². The Morgan fingerprint density at radius 1 is 1.26 bits per heavy atom. The van der Waals surface area contributed by atoms with Gasteiger partial charge in [-0.25, -0.2) is 4.79 Å². The highest BCUT2D eigenvalue weighted by molar-refractivity contribution is 5.99. The molecule has 2 aromatic rings. The Hall–Kier alpha value is -2.54. The number of unbranched alkanes of at least 4 members (excludes halogenated alkanes) is 1. The molecule has 2 amide bonds. The molecule has 1 fully saturated rings. The van der Waals surface area contributed by atoms with Crippen LogP contribution in [0.25, 0.3) is 0 Å². The third-order valence-electron chi connectivity index (χ3n) is 4.43. The van der Waals surface area contributed by atoms with Crippen LogP contribution in [0.15, 0.2) is 36.7 Å². The first-order valence-electron chi connectivity index (χ1n) is 9.68. The Morgan fingerprint density at radius 2 is 2.07 bits per heavy atom. The molecule has 1 unspecified atom stereocenters. The fourth-order valence-corrected chi connectivity index (χ4v) is 2.95. The fraction of sp³-hybridized carbons (Fsp3) is 0.500. The van der Waals surface area contributed by atoms with Crippen LogP contribution in [0.4, 0.5) is 16.2 Å². The number of nitrogens with zero attached hydrogens (tertiary/aromatic N) is 2. The van der Waals surface area contributed by atoms with E-state index in [9.17, 15) is 4.79 Å². The average Bonchev–Trinajstić information content (AvgIpc) is 3.11. The normalized spacial score (nSPS) is 16.7. The zero-order valence-electron chi connectivity index (χ0n) is 15.8. The van der Waals surface area contributed by atoms with Gasteiger partial charge in [-0.3, -0.25) is 4.68 Å². The molecule has 0 bridgehead atoms. The lowest BCUT2D eigenvalue weighted by molar-refractivity contribution is 0.00401. The van der Waals surface area contributed by atoms with Gasteiger partial charge in [-0.1, -0.05) is 13.3 Å². The predicted octanol–water partition coefficient (Wildman–Crippen LogP) is 4.28. The molecule has 1 aromatic heterocycles. The monoisotopic (exact) mass is 372 g/mol. The molecule has 2 heterocycles. The molecule has 1 aliphatic heterocycles. The summed E-state index contributed by atoms with van der Waals surface area (Å²) in [4.78, 5) is 12.2. The van der Waals surface area contributed by atoms with Gasteiger partial charge in [0.15, 0.2) is 0 Å². The number of benzene rings is 1. The molecule has 0 aliphatic carbocycles. The first kappa shape index (κ1) is 19.2. The van der Waals surface area contributed by atoms with E-state index in [0.717, 1.165) is 38.0 Å². The van der Waals surface area contributed by atoms with Gasteiger partial charge in [0.25, 0.3) is 0 Å². The summed E-state index contributed by atoms with van der Waals surface area (Å²) >= 11 is 0. The van der Waals surface area contributed by atoms with Gasteiger partial charge in [0, 0.05) is 18.5 Å². The Labute approximate surface area is 160 Å². The van der Waals surface area contributed by atoms with Gasteiger partial charge < -0.3 is 20.1 Å². The fourth-order valence-electron chi connectivity index (χ4n) is 2.95. The summed E-state index contributed by atoms with van der Waals surface area (Å²) in [5.74, 6) is 0.806. The molecule has 7 nitrogen and oxygen atoms in total. The Kier molecular flexibility index (Phi) is 7.10. The SMILES string of the molecule is CCCCOc1ccc(NC(=O)Nc2cnn(CC3CCCCO3)c2)cc1. The van der Waals surface area contributed by atoms with E-state index in [2.05, 4.69) is 22.7 Å². The number of nitrogens with one attached hydrogen (secondary N) is 2. The number of carbonyl (C=O) groups is 1. The van der Waals surface area contributed by atoms with Gasteiger partial charge in [-0.05, 0) is 49.9 Å². The summed E-state index contributed by atoms with van der Waals surface area (Å²) in [5.41, 5.74) is 1.36. The van der Waals surface area contributed by atoms with Crippen LogP contribution in [0.3, 0.4) is 0 Å². The maximum atomic E-state index is 12.2. The molecule has 7 heteroatoms. The molecule has 0 saturated carbocycles. The predicted molar refractivity (Wildman–Crippen MR) is 105 cm³/mol. The van der Waals surface area contributed by atoms with Crippen molar-refractivity contribution in [1.29, 1.82) is 0 Å². The van der Waals surface area contributed by atoms with Crippen molar-refractivity contribution in [2.45, 2.75) is 51.7 Å². The van der Waals surface area contributed by atoms with E-state index < -0.39 is 0 Å². The molecule has 1 atom stereocenters. The molecule has 146 valence electrons. The van der Waals surface area contributed by atoms with Crippen molar-refractivity contribution in [3.63, 3.8) is 0 Å². The molecule has 3 rings (SSSR count). The summed E-state index contributed by atoms with van der Waals surface area (Å²) < 4.78 is 13.2. The van der Waals surface area contributed by atoms with Crippen molar-refractivity contribution in [3.05, 3.63) is 36.7 Å². The number of ether oxygens (including phenoxy) is 2. The Morgan fingerprint density at radius 3 is 2.81 bits per heavy atom. The number of urea groups is 1. The average molecular weight is 372 g/mol. The minimum absolute atomic E-state index is 0.207. The second-order valence-corrected chi connectivity index (χ2v) is 6.75. The minimum Gasteiger partial charge on any atom is -0.494 e. The number of aromatic nitrogens is 2. The minimum atomic E-state index is -0.303. The van der Waals surface area contributed by atoms with Crippen molar-refractivity contribution < 1.29 is 14.3 Å². The lowest BCUT2D eigenvalue weighted by Crippen LogP contribution is -2.24. The highest BCUT2D eigenvalue weighted by Crippen LogP contribution is 2.17. The summed E-state index contributed by atoms with van der Waals surface area (Å²) in [6.07, 6.45) is 9.19. The van der Waals surface area contributed by atoms with E-state index >= 15 is 0 Å². The van der Waals surface area contributed by atoms with Crippen molar-refractivity contribution in [2.24, 2.45) is 0 Å². The third kappa shape index (κ3) is 6.29. The van der Waals surface area contributed by atoms with Crippen molar-refractivity contribution in [1.82, 2.24) is 9.78 Å². The van der Waals surface area contributed by atoms with Crippen LogP contribution >= 0.6 is 0 Å². The van der Waals surface area contributed by atoms with Crippen LogP contribution in [-0.2, 0) is 11.3 Å². The largest absolute Gasteiger partial charge is 0.494 e. The second-order valence-electron chi connectivity index (χ2n) is 6.75. The molecule has 27 heavy (non-hydrogen) atoms. The molecular weight excluding hydrogens is 344 g/mol. The van der Waals surface area contributed by atoms with E-state index in [4.69, 9.17) is 9.47 Å². The topological polar surface area (TPSA) is 77.4 Å². The molecule has 2 N–H and O–H groups in total. The molecule has 0 spiro atoms. The molecule has 1 saturated heterocycles. The van der Waals surface area contributed by atoms with Gasteiger partial charge in [0.1, 0.15) is 5.75 Å². The number of amides is 2. The number of hydrogen-bond donors (Lipinski definition) is 2. The van der Waals surface area contributed by atoms with Crippen molar-refractivity contribution in [2.75, 3.05) is 23.8 Å². The number of anilines is 2. The lowest BCUT2D eigenvalue weighted by Gasteiger charge is -2.22. The van der Waals surface area contributed by atoms with Gasteiger partial charge in [-0.2, -0.15) is 5.10 Å². The highest BCUT2D eigenvalue weighted by Gasteiger charge is 2.15. The number of carbonyl (C=O) groups excluding carboxylic acids is 1. The highest BCUT2D eigenvalue weighted by atomic mass is 16.5. The molecule has 1 aliphatic rings. The molecule has 1 aromatic carbocycles. The molecule has 0 radical (unpaired) electrons. The summed E-state index contributed by atoms with van der Waals surface area (Å²) in [6.45, 7) is 4.37. The van der Waals surface area contributed by atoms with Gasteiger partial charge >= 0.3 is 6.03 Å². The summed E-state index contributed by atoms with van der Waals surface area (Å²) in [6, 6.07) is 7.05. The van der Waals surface area contributed by atoms with Crippen LogP contribution < -0.4 is 15.4 Å². The van der Waals surface area contributed by atoms with E-state index in [1.165, 1.54) is 6.42 Å². The zero-order valence-corrected chi connectivity index (χ0v) is 15.8. The van der Waals surface area contributed by atoms with Crippen LogP contribution in [-0.4, -0.2) is 35.1 Å². The van der Waals surface area contributed by atoms with Crippen LogP contribution in [0.2, 0.25) is 0 Å². The van der Waals surface area contributed by atoms with E-state index in [0.29, 0.717) is 24.5 Å². The van der Waals surface area contributed by atoms with Crippen molar-refractivity contribution in [3.8, 4) is 5.75 Å². The van der Waals surface area contributed by atoms with Crippen LogP contribution in [0.1, 0.15) is 39.0 Å². The summed E-state index contributed by atoms with van der Waals surface area (Å²) in [7, 11) is 0. The smallest absolute Gasteiger partial charge is 0.323 e. The quantitative estimate of drug-likeness (QED) is 0.678. The Balaban J connectivity index is 1.45. The zero-order chi connectivity index (χ0) is 18.9. The first-order chi connectivity index (χ1) is 13.2. The lowest BCUT2D eigenvalue weighted by atomic mass is 10.1. The maximum Gasteiger partial charge on any atom is 0.323 e. The van der Waals surface area contributed by atoms with Gasteiger partial charge in [-0.15, -0.1) is 0 Å². The summed E-state index contributed by atoms with van der Waals surface area (Å²) in [5, 5.41) is 9.90. The van der Waals surface area contributed by atoms with E-state index in [-0.39, 0.29) is 12.1 Å². The van der Waals surface area contributed by atoms with E-state index in [1.54, 1.807) is 6.20 Å². The van der Waals surface area contributed by atoms with Gasteiger partial charge in [0.2, 0.25) is 0 Å². The van der Waals surface area contributed by atoms with Crippen molar-refractivity contribution >= 4 is 17.4 Å². The number of rotatable bonds is 8. The second kappa shape index (κ2) is 9.97. The van der Waals surface area contributed by atoms with Gasteiger partial charge in [0.05, 0.1) is 31.1 Å². The molecular formula is C20H28N4O3. The van der Waals surface area contributed by atoms with Crippen LogP contribution in [0, 0.1) is 0 Å². The number of hydrogen-bond acceptors (Lipinski definition) is 4. The standard InChI is InChI=1S/C20H28N4O3/c1-2-3-11-26-18-9-7-16(8-10-18)22-20(25)23-17-13-21-24(14-17)15-19-6-4-5-12-27-19/h7-10,13-14,19H,2-6,11-12,15H2,1H3,(H2,22,23,25). The Bertz CT molecular complexity index is 708. The third-order valence-corrected chi connectivity index (χ3v) is 4.43. The van der Waals surface area contributed by atoms with Crippen LogP contribution in [0.5, 0.6) is 5.75 Å². The maximum absolute atomic E-state index is 12.2. The first-order valence-corrected chi connectivity index (χ1v) is 9.68.